The van der Waals surface area contributed by atoms with E-state index < -0.39 is 96.2 Å². The number of phenols is 1. The van der Waals surface area contributed by atoms with E-state index >= 15 is 0 Å². The molecule has 24 nitrogen and oxygen atoms in total. The number of guanidine groups is 2. The summed E-state index contributed by atoms with van der Waals surface area (Å²) in [5.41, 5.74) is 27.2. The average Bonchev–Trinajstić information content (AvgIpc) is 3.16. The molecule has 59 heavy (non-hydrogen) atoms. The van der Waals surface area contributed by atoms with Crippen molar-refractivity contribution in [2.75, 3.05) is 19.6 Å². The largest absolute Gasteiger partial charge is 0.508 e. The molecule has 0 aliphatic heterocycles. The summed E-state index contributed by atoms with van der Waals surface area (Å²) in [4.78, 5) is 110. The third kappa shape index (κ3) is 19.8. The van der Waals surface area contributed by atoms with E-state index in [1.165, 1.54) is 39.8 Å². The number of hydrogen-bond donors (Lipinski definition) is 14. The fourth-order valence-corrected chi connectivity index (χ4v) is 5.02. The maximum atomic E-state index is 13.2. The molecule has 0 aliphatic carbocycles. The van der Waals surface area contributed by atoms with Crippen LogP contribution in [0.2, 0.25) is 0 Å². The molecule has 0 fully saturated rings. The Morgan fingerprint density at radius 2 is 0.932 bits per heavy atom. The molecule has 0 saturated heterocycles. The van der Waals surface area contributed by atoms with Crippen molar-refractivity contribution in [1.82, 2.24) is 37.2 Å². The molecule has 0 saturated carbocycles. The van der Waals surface area contributed by atoms with E-state index in [9.17, 15) is 48.6 Å². The van der Waals surface area contributed by atoms with Crippen molar-refractivity contribution in [3.63, 3.8) is 0 Å². The number of aromatic hydroxyl groups is 1. The molecular formula is C35H58N14O10. The van der Waals surface area contributed by atoms with Crippen LogP contribution in [0.3, 0.4) is 0 Å². The van der Waals surface area contributed by atoms with Gasteiger partial charge in [-0.1, -0.05) is 12.1 Å². The molecule has 0 spiro atoms. The summed E-state index contributed by atoms with van der Waals surface area (Å²) in [6.45, 7) is 5.13. The first-order valence-corrected chi connectivity index (χ1v) is 18.6. The highest BCUT2D eigenvalue weighted by molar-refractivity contribution is 5.97. The summed E-state index contributed by atoms with van der Waals surface area (Å²) in [5, 5.41) is 36.2. The molecule has 328 valence electrons. The summed E-state index contributed by atoms with van der Waals surface area (Å²) in [5.74, 6) is -7.06. The number of phenolic OH excluding ortho intramolecular Hbond substituents is 1. The molecule has 0 aliphatic rings. The Hall–Kier alpha value is -6.72. The smallest absolute Gasteiger partial charge is 0.326 e. The van der Waals surface area contributed by atoms with E-state index in [0.717, 1.165) is 0 Å². The van der Waals surface area contributed by atoms with Gasteiger partial charge in [-0.05, 0) is 71.1 Å². The maximum absolute atomic E-state index is 13.2. The highest BCUT2D eigenvalue weighted by Gasteiger charge is 2.30. The molecule has 7 unspecified atom stereocenters. The lowest BCUT2D eigenvalue weighted by atomic mass is 10.0. The predicted molar refractivity (Wildman–Crippen MR) is 215 cm³/mol. The Balaban J connectivity index is 2.83. The number of carbonyl (C=O) groups is 8. The van der Waals surface area contributed by atoms with E-state index in [0.29, 0.717) is 5.56 Å². The summed E-state index contributed by atoms with van der Waals surface area (Å²) in [6, 6.07) is -2.68. The van der Waals surface area contributed by atoms with Gasteiger partial charge in [0, 0.05) is 19.5 Å². The number of nitrogens with one attached hydrogen (secondary N) is 7. The molecule has 7 amide bonds. The maximum Gasteiger partial charge on any atom is 0.326 e. The lowest BCUT2D eigenvalue weighted by Crippen LogP contribution is -2.58. The van der Waals surface area contributed by atoms with Crippen LogP contribution in [0.25, 0.3) is 0 Å². The van der Waals surface area contributed by atoms with Crippen LogP contribution in [-0.4, -0.2) is 131 Å². The Morgan fingerprint density at radius 3 is 1.34 bits per heavy atom. The molecular weight excluding hydrogens is 776 g/mol. The van der Waals surface area contributed by atoms with Gasteiger partial charge >= 0.3 is 5.97 Å². The zero-order valence-electron chi connectivity index (χ0n) is 33.4. The van der Waals surface area contributed by atoms with Crippen LogP contribution in [0.4, 0.5) is 0 Å². The summed E-state index contributed by atoms with van der Waals surface area (Å²) in [6.07, 6.45) is 0.397. The fourth-order valence-electron chi connectivity index (χ4n) is 5.02. The van der Waals surface area contributed by atoms with Crippen LogP contribution in [0.1, 0.15) is 58.9 Å². The fraction of sp³-hybridized carbons (Fsp3) is 0.543. The van der Waals surface area contributed by atoms with Gasteiger partial charge in [-0.25, -0.2) is 4.79 Å². The van der Waals surface area contributed by atoms with E-state index in [1.807, 2.05) is 0 Å². The zero-order chi connectivity index (χ0) is 44.8. The Bertz CT molecular complexity index is 1680. The third-order valence-electron chi connectivity index (χ3n) is 8.36. The number of nitrogens with zero attached hydrogens (tertiary/aromatic N) is 2. The third-order valence-corrected chi connectivity index (χ3v) is 8.36. The Morgan fingerprint density at radius 1 is 0.559 bits per heavy atom. The van der Waals surface area contributed by atoms with Gasteiger partial charge in [-0.3, -0.25) is 43.5 Å². The second-order valence-corrected chi connectivity index (χ2v) is 13.5. The molecule has 0 bridgehead atoms. The first-order valence-electron chi connectivity index (χ1n) is 18.6. The lowest BCUT2D eigenvalue weighted by Gasteiger charge is -2.24. The number of amides is 7. The van der Waals surface area contributed by atoms with Gasteiger partial charge < -0.3 is 76.1 Å². The van der Waals surface area contributed by atoms with Crippen molar-refractivity contribution in [1.29, 1.82) is 0 Å². The molecule has 1 rings (SSSR count). The standard InChI is InChI=1S/C35H58N14O10/c1-17(44-29(54)19(3)46-32(57)25(47-26(51)16-36)15-21-9-11-22(50)12-10-21)27(52)43-18(2)28(53)45-20(4)30(55)48-23(7-5-13-41-34(37)38)31(56)49-24(33(58)59)8-6-14-42-35(39)40/h9-12,17-20,23-25,50H,5-8,13-16,36H2,1-4H3,(H,43,52)(H,44,54)(H,45,53)(H,46,57)(H,47,51)(H,48,55)(H,49,56)(H,58,59)(H4,37,38,41)(H4,39,40,42). The average molecular weight is 835 g/mol. The summed E-state index contributed by atoms with van der Waals surface area (Å²) >= 11 is 0. The monoisotopic (exact) mass is 834 g/mol. The normalized spacial score (nSPS) is 14.2. The van der Waals surface area contributed by atoms with Gasteiger partial charge in [-0.2, -0.15) is 0 Å². The van der Waals surface area contributed by atoms with Crippen LogP contribution in [-0.2, 0) is 44.8 Å². The Kier molecular flexibility index (Phi) is 21.8. The van der Waals surface area contributed by atoms with Crippen molar-refractivity contribution in [3.8, 4) is 5.75 Å². The van der Waals surface area contributed by atoms with Crippen molar-refractivity contribution in [3.05, 3.63) is 29.8 Å². The van der Waals surface area contributed by atoms with Gasteiger partial charge in [0.15, 0.2) is 11.9 Å². The minimum atomic E-state index is -1.34. The van der Waals surface area contributed by atoms with Gasteiger partial charge in [-0.15, -0.1) is 0 Å². The second kappa shape index (κ2) is 25.5. The zero-order valence-corrected chi connectivity index (χ0v) is 33.4. The summed E-state index contributed by atoms with van der Waals surface area (Å²) in [7, 11) is 0. The second-order valence-electron chi connectivity index (χ2n) is 13.5. The molecule has 19 N–H and O–H groups in total. The van der Waals surface area contributed by atoms with Crippen LogP contribution in [0, 0.1) is 0 Å². The quantitative estimate of drug-likeness (QED) is 0.0248. The number of nitrogens with two attached hydrogens (primary N) is 5. The van der Waals surface area contributed by atoms with Crippen LogP contribution in [0.15, 0.2) is 34.3 Å². The number of carboxylic acid groups (broad SMARTS) is 1. The number of rotatable bonds is 25. The molecule has 0 radical (unpaired) electrons. The van der Waals surface area contributed by atoms with Gasteiger partial charge in [0.05, 0.1) is 6.54 Å². The molecule has 1 aromatic carbocycles. The van der Waals surface area contributed by atoms with E-state index in [-0.39, 0.29) is 62.9 Å². The Labute approximate surface area is 340 Å². The van der Waals surface area contributed by atoms with E-state index in [4.69, 9.17) is 28.7 Å². The number of hydrogen-bond acceptors (Lipinski definition) is 12. The number of benzene rings is 1. The van der Waals surface area contributed by atoms with Crippen molar-refractivity contribution in [2.45, 2.75) is 102 Å². The topological polar surface area (TPSA) is 416 Å². The molecule has 0 heterocycles. The minimum Gasteiger partial charge on any atom is -0.508 e. The van der Waals surface area contributed by atoms with Crippen LogP contribution in [0.5, 0.6) is 5.75 Å². The molecule has 7 atom stereocenters. The number of carboxylic acids is 1. The summed E-state index contributed by atoms with van der Waals surface area (Å²) < 4.78 is 0. The number of carbonyl (C=O) groups excluding carboxylic acids is 7. The van der Waals surface area contributed by atoms with Crippen molar-refractivity contribution in [2.24, 2.45) is 38.7 Å². The van der Waals surface area contributed by atoms with E-state index in [1.54, 1.807) is 12.1 Å². The van der Waals surface area contributed by atoms with Crippen LogP contribution < -0.4 is 65.9 Å². The number of aliphatic carboxylic acids is 1. The first-order chi connectivity index (χ1) is 27.6. The highest BCUT2D eigenvalue weighted by Crippen LogP contribution is 2.12. The molecule has 24 heteroatoms. The predicted octanol–water partition coefficient (Wildman–Crippen LogP) is -5.44. The molecule has 0 aromatic heterocycles. The van der Waals surface area contributed by atoms with Gasteiger partial charge in [0.1, 0.15) is 48.0 Å². The molecule has 1 aromatic rings. The van der Waals surface area contributed by atoms with E-state index in [2.05, 4.69) is 47.2 Å². The SMILES string of the molecule is CC(NC(=O)C(C)NC(=O)C(C)NC(=O)C(Cc1ccc(O)cc1)NC(=O)CN)C(=O)NC(C)C(=O)NC(CCCN=C(N)N)C(=O)NC(CCCN=C(N)N)C(=O)O. The lowest BCUT2D eigenvalue weighted by molar-refractivity contribution is -0.142. The van der Waals surface area contributed by atoms with Crippen LogP contribution >= 0.6 is 0 Å². The minimum absolute atomic E-state index is 0.00191. The van der Waals surface area contributed by atoms with Gasteiger partial charge in [0.25, 0.3) is 0 Å². The van der Waals surface area contributed by atoms with Gasteiger partial charge in [0.2, 0.25) is 41.4 Å². The highest BCUT2D eigenvalue weighted by atomic mass is 16.4. The van der Waals surface area contributed by atoms with Crippen molar-refractivity contribution < 1.29 is 48.6 Å². The first kappa shape index (κ1) is 50.3. The van der Waals surface area contributed by atoms with Crippen molar-refractivity contribution >= 4 is 59.2 Å². The number of aliphatic imine (C=N–C) groups is 2.